The van der Waals surface area contributed by atoms with E-state index >= 15 is 0 Å². The molecule has 76 valence electrons. The lowest BCUT2D eigenvalue weighted by Gasteiger charge is -2.30. The van der Waals surface area contributed by atoms with Gasteiger partial charge in [0.05, 0.1) is 5.60 Å². The molecule has 0 spiro atoms. The van der Waals surface area contributed by atoms with E-state index in [1.807, 2.05) is 0 Å². The maximum atomic E-state index is 5.99. The number of hydrogen-bond acceptors (Lipinski definition) is 2. The van der Waals surface area contributed by atoms with Gasteiger partial charge in [-0.1, -0.05) is 13.8 Å². The molecule has 13 heavy (non-hydrogen) atoms. The molecule has 0 N–H and O–H groups in total. The Labute approximate surface area is 80.6 Å². The number of hydrogen-bond donors (Lipinski definition) is 0. The molecule has 1 saturated carbocycles. The van der Waals surface area contributed by atoms with Crippen LogP contribution in [0.3, 0.4) is 0 Å². The van der Waals surface area contributed by atoms with E-state index in [0.29, 0.717) is 0 Å². The van der Waals surface area contributed by atoms with Crippen LogP contribution in [0.5, 0.6) is 0 Å². The van der Waals surface area contributed by atoms with E-state index in [-0.39, 0.29) is 11.9 Å². The first kappa shape index (κ1) is 9.47. The van der Waals surface area contributed by atoms with Gasteiger partial charge in [-0.05, 0) is 31.6 Å². The number of ether oxygens (including phenoxy) is 2. The molecule has 1 heterocycles. The Morgan fingerprint density at radius 3 is 2.77 bits per heavy atom. The van der Waals surface area contributed by atoms with Crippen molar-refractivity contribution in [3.05, 3.63) is 0 Å². The summed E-state index contributed by atoms with van der Waals surface area (Å²) in [7, 11) is 0. The summed E-state index contributed by atoms with van der Waals surface area (Å²) in [4.78, 5) is 0. The molecule has 0 bridgehead atoms. The third-order valence-corrected chi connectivity index (χ3v) is 3.34. The first-order valence-corrected chi connectivity index (χ1v) is 5.53. The molecule has 2 atom stereocenters. The van der Waals surface area contributed by atoms with Crippen molar-refractivity contribution in [2.24, 2.45) is 5.92 Å². The van der Waals surface area contributed by atoms with Crippen molar-refractivity contribution in [2.75, 3.05) is 6.61 Å². The molecule has 2 aliphatic rings. The van der Waals surface area contributed by atoms with Gasteiger partial charge in [0.25, 0.3) is 0 Å². The van der Waals surface area contributed by atoms with Crippen molar-refractivity contribution >= 4 is 0 Å². The van der Waals surface area contributed by atoms with Gasteiger partial charge in [-0.3, -0.25) is 0 Å². The Morgan fingerprint density at radius 2 is 2.23 bits per heavy atom. The van der Waals surface area contributed by atoms with Crippen molar-refractivity contribution < 1.29 is 9.47 Å². The maximum absolute atomic E-state index is 5.99. The van der Waals surface area contributed by atoms with Gasteiger partial charge in [-0.25, -0.2) is 0 Å². The minimum Gasteiger partial charge on any atom is -0.353 e. The van der Waals surface area contributed by atoms with Gasteiger partial charge in [0, 0.05) is 13.0 Å². The Bertz CT molecular complexity index is 175. The van der Waals surface area contributed by atoms with Gasteiger partial charge in [0.2, 0.25) is 0 Å². The van der Waals surface area contributed by atoms with E-state index < -0.39 is 0 Å². The largest absolute Gasteiger partial charge is 0.353 e. The summed E-state index contributed by atoms with van der Waals surface area (Å²) in [5, 5.41) is 0. The molecular formula is C11H20O2. The fourth-order valence-electron chi connectivity index (χ4n) is 1.97. The first-order chi connectivity index (χ1) is 6.24. The van der Waals surface area contributed by atoms with Crippen LogP contribution >= 0.6 is 0 Å². The molecule has 0 aromatic heterocycles. The highest BCUT2D eigenvalue weighted by Gasteiger charge is 2.44. The molecule has 2 fully saturated rings. The van der Waals surface area contributed by atoms with Crippen LogP contribution in [-0.4, -0.2) is 18.5 Å². The van der Waals surface area contributed by atoms with Gasteiger partial charge in [-0.15, -0.1) is 0 Å². The summed E-state index contributed by atoms with van der Waals surface area (Å²) in [5.74, 6) is 0.770. The highest BCUT2D eigenvalue weighted by atomic mass is 16.7. The summed E-state index contributed by atoms with van der Waals surface area (Å²) >= 11 is 0. The van der Waals surface area contributed by atoms with Crippen LogP contribution in [0.15, 0.2) is 0 Å². The maximum Gasteiger partial charge on any atom is 0.158 e. The minimum absolute atomic E-state index is 0.0891. The van der Waals surface area contributed by atoms with Gasteiger partial charge in [0.1, 0.15) is 0 Å². The molecule has 0 aromatic carbocycles. The van der Waals surface area contributed by atoms with Crippen molar-refractivity contribution in [3.8, 4) is 0 Å². The van der Waals surface area contributed by atoms with E-state index in [9.17, 15) is 0 Å². The molecular weight excluding hydrogens is 164 g/mol. The summed E-state index contributed by atoms with van der Waals surface area (Å²) in [6, 6.07) is 0. The highest BCUT2D eigenvalue weighted by Crippen LogP contribution is 2.44. The molecule has 2 rings (SSSR count). The first-order valence-electron chi connectivity index (χ1n) is 5.53. The molecule has 1 saturated heterocycles. The second kappa shape index (κ2) is 3.58. The SMILES string of the molecule is CCC1(OC2CC(C)CCO2)CC1. The fourth-order valence-corrected chi connectivity index (χ4v) is 1.97. The topological polar surface area (TPSA) is 18.5 Å². The fraction of sp³-hybridized carbons (Fsp3) is 1.00. The monoisotopic (exact) mass is 184 g/mol. The smallest absolute Gasteiger partial charge is 0.158 e. The lowest BCUT2D eigenvalue weighted by Crippen LogP contribution is -2.31. The molecule has 2 nitrogen and oxygen atoms in total. The van der Waals surface area contributed by atoms with Gasteiger partial charge in [0.15, 0.2) is 6.29 Å². The van der Waals surface area contributed by atoms with Gasteiger partial charge < -0.3 is 9.47 Å². The summed E-state index contributed by atoms with van der Waals surface area (Å²) < 4.78 is 11.6. The third-order valence-electron chi connectivity index (χ3n) is 3.34. The van der Waals surface area contributed by atoms with E-state index in [1.165, 1.54) is 19.3 Å². The summed E-state index contributed by atoms with van der Waals surface area (Å²) in [6.45, 7) is 5.37. The predicted molar refractivity (Wildman–Crippen MR) is 51.5 cm³/mol. The number of rotatable bonds is 3. The average molecular weight is 184 g/mol. The van der Waals surface area contributed by atoms with Gasteiger partial charge in [-0.2, -0.15) is 0 Å². The zero-order valence-electron chi connectivity index (χ0n) is 8.71. The molecule has 1 aliphatic carbocycles. The van der Waals surface area contributed by atoms with Crippen LogP contribution in [0.4, 0.5) is 0 Å². The van der Waals surface area contributed by atoms with Crippen LogP contribution in [0.25, 0.3) is 0 Å². The molecule has 2 heteroatoms. The normalized spacial score (nSPS) is 37.4. The van der Waals surface area contributed by atoms with Crippen LogP contribution < -0.4 is 0 Å². The van der Waals surface area contributed by atoms with Crippen LogP contribution in [-0.2, 0) is 9.47 Å². The van der Waals surface area contributed by atoms with E-state index in [2.05, 4.69) is 13.8 Å². The lowest BCUT2D eigenvalue weighted by molar-refractivity contribution is -0.205. The Kier molecular flexibility index (Phi) is 2.61. The summed E-state index contributed by atoms with van der Waals surface area (Å²) in [6.07, 6.45) is 5.98. The molecule has 1 aliphatic heterocycles. The molecule has 0 aromatic rings. The highest BCUT2D eigenvalue weighted by molar-refractivity contribution is 4.94. The van der Waals surface area contributed by atoms with Crippen molar-refractivity contribution in [2.45, 2.75) is 57.8 Å². The lowest BCUT2D eigenvalue weighted by atomic mass is 10.0. The van der Waals surface area contributed by atoms with Crippen LogP contribution in [0, 0.1) is 5.92 Å². The minimum atomic E-state index is 0.0891. The zero-order chi connectivity index (χ0) is 9.31. The van der Waals surface area contributed by atoms with Crippen molar-refractivity contribution in [3.63, 3.8) is 0 Å². The van der Waals surface area contributed by atoms with Gasteiger partial charge >= 0.3 is 0 Å². The summed E-state index contributed by atoms with van der Waals surface area (Å²) in [5.41, 5.74) is 0.210. The zero-order valence-corrected chi connectivity index (χ0v) is 8.71. The van der Waals surface area contributed by atoms with Crippen LogP contribution in [0.2, 0.25) is 0 Å². The van der Waals surface area contributed by atoms with E-state index in [0.717, 1.165) is 25.4 Å². The van der Waals surface area contributed by atoms with Crippen molar-refractivity contribution in [1.82, 2.24) is 0 Å². The third kappa shape index (κ3) is 2.23. The van der Waals surface area contributed by atoms with E-state index in [4.69, 9.17) is 9.47 Å². The Balaban J connectivity index is 1.80. The van der Waals surface area contributed by atoms with Crippen molar-refractivity contribution in [1.29, 1.82) is 0 Å². The molecule has 0 amide bonds. The average Bonchev–Trinajstić information content (AvgIpc) is 2.86. The molecule has 0 radical (unpaired) electrons. The predicted octanol–water partition coefficient (Wildman–Crippen LogP) is 2.72. The Morgan fingerprint density at radius 1 is 1.46 bits per heavy atom. The molecule has 2 unspecified atom stereocenters. The standard InChI is InChI=1S/C11H20O2/c1-3-11(5-6-11)13-10-8-9(2)4-7-12-10/h9-10H,3-8H2,1-2H3. The second-order valence-electron chi connectivity index (χ2n) is 4.58. The second-order valence-corrected chi connectivity index (χ2v) is 4.58. The Hall–Kier alpha value is -0.0800. The van der Waals surface area contributed by atoms with E-state index in [1.54, 1.807) is 0 Å². The van der Waals surface area contributed by atoms with Crippen LogP contribution in [0.1, 0.15) is 46.0 Å². The quantitative estimate of drug-likeness (QED) is 0.671.